The Bertz CT molecular complexity index is 415. The molecule has 1 aromatic rings. The maximum atomic E-state index is 13.1. The normalized spacial score (nSPS) is 11.5. The Morgan fingerprint density at radius 1 is 1.65 bits per heavy atom. The summed E-state index contributed by atoms with van der Waals surface area (Å²) in [7, 11) is 1.22. The minimum absolute atomic E-state index is 0. The molecule has 3 N–H and O–H groups in total. The van der Waals surface area contributed by atoms with Gasteiger partial charge < -0.3 is 15.6 Å². The molecule has 0 aromatic heterocycles. The number of rotatable bonds is 3. The van der Waals surface area contributed by atoms with E-state index in [1.807, 2.05) is 0 Å². The second-order valence-electron chi connectivity index (χ2n) is 3.21. The van der Waals surface area contributed by atoms with Crippen LogP contribution in [0.25, 0.3) is 0 Å². The van der Waals surface area contributed by atoms with Crippen LogP contribution in [-0.4, -0.2) is 18.2 Å². The lowest BCUT2D eigenvalue weighted by Gasteiger charge is -2.13. The minimum Gasteiger partial charge on any atom is -0.505 e. The van der Waals surface area contributed by atoms with E-state index in [2.05, 4.69) is 4.74 Å². The van der Waals surface area contributed by atoms with Crippen LogP contribution in [0.2, 0.25) is 5.02 Å². The first kappa shape index (κ1) is 16.0. The van der Waals surface area contributed by atoms with E-state index in [1.165, 1.54) is 13.2 Å². The van der Waals surface area contributed by atoms with E-state index in [9.17, 15) is 14.3 Å². The van der Waals surface area contributed by atoms with Gasteiger partial charge >= 0.3 is 5.97 Å². The molecule has 4 nitrogen and oxygen atoms in total. The molecule has 0 heterocycles. The first-order chi connectivity index (χ1) is 7.45. The largest absolute Gasteiger partial charge is 0.505 e. The van der Waals surface area contributed by atoms with Crippen LogP contribution < -0.4 is 5.73 Å². The van der Waals surface area contributed by atoms with Crippen molar-refractivity contribution < 1.29 is 19.0 Å². The third kappa shape index (κ3) is 4.03. The van der Waals surface area contributed by atoms with Gasteiger partial charge in [-0.25, -0.2) is 4.39 Å². The summed E-state index contributed by atoms with van der Waals surface area (Å²) in [4.78, 5) is 11.0. The lowest BCUT2D eigenvalue weighted by molar-refractivity contribution is -0.141. The highest BCUT2D eigenvalue weighted by molar-refractivity contribution is 6.30. The van der Waals surface area contributed by atoms with Gasteiger partial charge in [0.2, 0.25) is 0 Å². The fourth-order valence-electron chi connectivity index (χ4n) is 1.24. The molecule has 0 saturated heterocycles. The Labute approximate surface area is 109 Å². The maximum Gasteiger partial charge on any atom is 0.307 e. The summed E-state index contributed by atoms with van der Waals surface area (Å²) in [6.45, 7) is 0. The van der Waals surface area contributed by atoms with Crippen LogP contribution in [0, 0.1) is 5.82 Å². The number of benzene rings is 1. The van der Waals surface area contributed by atoms with Gasteiger partial charge in [-0.1, -0.05) is 11.6 Å². The van der Waals surface area contributed by atoms with E-state index in [1.54, 1.807) is 0 Å². The van der Waals surface area contributed by atoms with Gasteiger partial charge in [-0.15, -0.1) is 12.4 Å². The lowest BCUT2D eigenvalue weighted by Crippen LogP contribution is -2.16. The third-order valence-electron chi connectivity index (χ3n) is 2.07. The zero-order valence-corrected chi connectivity index (χ0v) is 10.5. The van der Waals surface area contributed by atoms with Gasteiger partial charge in [0.15, 0.2) is 11.6 Å². The molecule has 0 fully saturated rings. The average Bonchev–Trinajstić information content (AvgIpc) is 2.22. The summed E-state index contributed by atoms with van der Waals surface area (Å²) in [6, 6.07) is 1.42. The van der Waals surface area contributed by atoms with Crippen LogP contribution in [0.15, 0.2) is 12.1 Å². The van der Waals surface area contributed by atoms with E-state index in [0.29, 0.717) is 0 Å². The monoisotopic (exact) mass is 283 g/mol. The average molecular weight is 284 g/mol. The summed E-state index contributed by atoms with van der Waals surface area (Å²) < 4.78 is 17.5. The fourth-order valence-corrected chi connectivity index (χ4v) is 1.45. The number of halogens is 3. The van der Waals surface area contributed by atoms with Crippen LogP contribution in [0.5, 0.6) is 5.75 Å². The molecule has 0 amide bonds. The van der Waals surface area contributed by atoms with Crippen LogP contribution in [-0.2, 0) is 9.53 Å². The number of ether oxygens (including phenoxy) is 1. The molecule has 17 heavy (non-hydrogen) atoms. The van der Waals surface area contributed by atoms with E-state index < -0.39 is 23.6 Å². The van der Waals surface area contributed by atoms with Crippen molar-refractivity contribution in [1.29, 1.82) is 0 Å². The van der Waals surface area contributed by atoms with Crippen molar-refractivity contribution in [2.24, 2.45) is 5.73 Å². The number of methoxy groups -OCH3 is 1. The van der Waals surface area contributed by atoms with Gasteiger partial charge in [0.1, 0.15) is 0 Å². The molecule has 96 valence electrons. The summed E-state index contributed by atoms with van der Waals surface area (Å²) in [5.74, 6) is -2.02. The van der Waals surface area contributed by atoms with Crippen LogP contribution in [0.3, 0.4) is 0 Å². The molecular formula is C10H12Cl2FNO3. The number of nitrogens with two attached hydrogens (primary N) is 1. The molecule has 0 radical (unpaired) electrons. The molecule has 1 aromatic carbocycles. The van der Waals surface area contributed by atoms with Crippen LogP contribution in [0.1, 0.15) is 18.0 Å². The first-order valence-corrected chi connectivity index (χ1v) is 4.83. The number of carbonyl (C=O) groups excluding carboxylic acids is 1. The Morgan fingerprint density at radius 2 is 2.24 bits per heavy atom. The third-order valence-corrected chi connectivity index (χ3v) is 2.29. The molecule has 0 spiro atoms. The number of aromatic hydroxyl groups is 1. The summed E-state index contributed by atoms with van der Waals surface area (Å²) >= 11 is 5.61. The fraction of sp³-hybridized carbons (Fsp3) is 0.300. The molecule has 1 atom stereocenters. The summed E-state index contributed by atoms with van der Waals surface area (Å²) in [6.07, 6.45) is -0.163. The minimum atomic E-state index is -0.872. The van der Waals surface area contributed by atoms with Crippen molar-refractivity contribution in [3.63, 3.8) is 0 Å². The summed E-state index contributed by atoms with van der Waals surface area (Å²) in [5, 5.41) is 9.51. The second-order valence-corrected chi connectivity index (χ2v) is 3.65. The zero-order valence-electron chi connectivity index (χ0n) is 8.94. The number of carbonyl (C=O) groups is 1. The highest BCUT2D eigenvalue weighted by Gasteiger charge is 2.18. The SMILES string of the molecule is COC(=O)C[C@H](N)c1cc(Cl)cc(F)c1O.Cl. The van der Waals surface area contributed by atoms with E-state index in [-0.39, 0.29) is 29.4 Å². The van der Waals surface area contributed by atoms with Gasteiger partial charge in [0.05, 0.1) is 13.5 Å². The Balaban J connectivity index is 0.00000256. The van der Waals surface area contributed by atoms with Crippen molar-refractivity contribution in [3.8, 4) is 5.75 Å². The van der Waals surface area contributed by atoms with Crippen molar-refractivity contribution >= 4 is 30.0 Å². The lowest BCUT2D eigenvalue weighted by atomic mass is 10.0. The quantitative estimate of drug-likeness (QED) is 0.834. The summed E-state index contributed by atoms with van der Waals surface area (Å²) in [5.41, 5.74) is 5.70. The topological polar surface area (TPSA) is 72.5 Å². The number of esters is 1. The smallest absolute Gasteiger partial charge is 0.307 e. The molecule has 0 bridgehead atoms. The standard InChI is InChI=1S/C10H11ClFNO3.ClH/c1-16-9(14)4-8(13)6-2-5(11)3-7(12)10(6)15;/h2-3,8,15H,4,13H2,1H3;1H/t8-;/m0./s1. The van der Waals surface area contributed by atoms with E-state index >= 15 is 0 Å². The number of phenols is 1. The second kappa shape index (κ2) is 6.64. The van der Waals surface area contributed by atoms with E-state index in [0.717, 1.165) is 6.07 Å². The Hall–Kier alpha value is -1.04. The Morgan fingerprint density at radius 3 is 2.76 bits per heavy atom. The zero-order chi connectivity index (χ0) is 12.3. The Kier molecular flexibility index (Phi) is 6.23. The van der Waals surface area contributed by atoms with Gasteiger partial charge in [0, 0.05) is 16.6 Å². The highest BCUT2D eigenvalue weighted by atomic mass is 35.5. The molecule has 7 heteroatoms. The van der Waals surface area contributed by atoms with E-state index in [4.69, 9.17) is 17.3 Å². The van der Waals surface area contributed by atoms with Crippen molar-refractivity contribution in [3.05, 3.63) is 28.5 Å². The number of phenolic OH excluding ortho intramolecular Hbond substituents is 1. The van der Waals surface area contributed by atoms with Crippen LogP contribution in [0.4, 0.5) is 4.39 Å². The van der Waals surface area contributed by atoms with Crippen molar-refractivity contribution in [2.45, 2.75) is 12.5 Å². The number of hydrogen-bond acceptors (Lipinski definition) is 4. The van der Waals surface area contributed by atoms with Crippen molar-refractivity contribution in [2.75, 3.05) is 7.11 Å². The predicted octanol–water partition coefficient (Wildman–Crippen LogP) is 2.17. The van der Waals surface area contributed by atoms with Crippen LogP contribution >= 0.6 is 24.0 Å². The molecule has 0 aliphatic heterocycles. The highest BCUT2D eigenvalue weighted by Crippen LogP contribution is 2.30. The van der Waals surface area contributed by atoms with Gasteiger partial charge in [-0.2, -0.15) is 0 Å². The maximum absolute atomic E-state index is 13.1. The molecule has 0 unspecified atom stereocenters. The molecule has 1 rings (SSSR count). The first-order valence-electron chi connectivity index (χ1n) is 4.46. The molecule has 0 saturated carbocycles. The molecular weight excluding hydrogens is 272 g/mol. The van der Waals surface area contributed by atoms with Gasteiger partial charge in [0.25, 0.3) is 0 Å². The predicted molar refractivity (Wildman–Crippen MR) is 63.9 cm³/mol. The molecule has 0 aliphatic carbocycles. The number of hydrogen-bond donors (Lipinski definition) is 2. The van der Waals surface area contributed by atoms with Gasteiger partial charge in [-0.05, 0) is 12.1 Å². The van der Waals surface area contributed by atoms with Crippen molar-refractivity contribution in [1.82, 2.24) is 0 Å². The molecule has 0 aliphatic rings. The van der Waals surface area contributed by atoms with Gasteiger partial charge in [-0.3, -0.25) is 4.79 Å².